The van der Waals surface area contributed by atoms with Gasteiger partial charge in [0, 0.05) is 16.3 Å². The summed E-state index contributed by atoms with van der Waals surface area (Å²) >= 11 is 1.27. The first-order valence-corrected chi connectivity index (χ1v) is 9.93. The minimum atomic E-state index is -3.97. The maximum atomic E-state index is 13.2. The summed E-state index contributed by atoms with van der Waals surface area (Å²) in [6, 6.07) is 14.9. The van der Waals surface area contributed by atoms with Gasteiger partial charge in [-0.15, -0.1) is 11.3 Å². The summed E-state index contributed by atoms with van der Waals surface area (Å²) in [5, 5.41) is 10.4. The third kappa shape index (κ3) is 4.16. The van der Waals surface area contributed by atoms with Gasteiger partial charge in [-0.2, -0.15) is 0 Å². The van der Waals surface area contributed by atoms with Crippen molar-refractivity contribution in [2.75, 3.05) is 0 Å². The van der Waals surface area contributed by atoms with E-state index in [0.29, 0.717) is 15.8 Å². The van der Waals surface area contributed by atoms with Crippen LogP contribution in [0, 0.1) is 11.6 Å². The van der Waals surface area contributed by atoms with Gasteiger partial charge in [0.15, 0.2) is 11.6 Å². The first kappa shape index (κ1) is 18.7. The second kappa shape index (κ2) is 7.63. The average molecular weight is 395 g/mol. The summed E-state index contributed by atoms with van der Waals surface area (Å²) in [5.41, 5.74) is 0.739. The van der Waals surface area contributed by atoms with Crippen molar-refractivity contribution in [2.24, 2.45) is 0 Å². The quantitative estimate of drug-likeness (QED) is 0.670. The third-order valence-electron chi connectivity index (χ3n) is 3.71. The molecule has 3 rings (SSSR count). The van der Waals surface area contributed by atoms with Crippen LogP contribution in [-0.2, 0) is 16.6 Å². The zero-order chi connectivity index (χ0) is 18.7. The van der Waals surface area contributed by atoms with Crippen molar-refractivity contribution in [3.8, 4) is 0 Å². The van der Waals surface area contributed by atoms with E-state index in [4.69, 9.17) is 0 Å². The molecule has 0 aliphatic rings. The van der Waals surface area contributed by atoms with E-state index in [-0.39, 0.29) is 11.4 Å². The van der Waals surface area contributed by atoms with Crippen molar-refractivity contribution in [2.45, 2.75) is 17.5 Å². The highest BCUT2D eigenvalue weighted by Gasteiger charge is 2.18. The number of aliphatic hydroxyl groups excluding tert-OH is 1. The standard InChI is InChI=1S/C18H15F2NO3S2/c19-15-8-7-14(10-16(15)20)26(23,24)21-11-13-6-9-17(25-13)18(22)12-4-2-1-3-5-12/h1-10,18,21-22H,11H2. The van der Waals surface area contributed by atoms with Crippen LogP contribution in [0.2, 0.25) is 0 Å². The first-order valence-electron chi connectivity index (χ1n) is 7.63. The molecule has 0 spiro atoms. The molecule has 0 aliphatic heterocycles. The Morgan fingerprint density at radius 3 is 2.42 bits per heavy atom. The predicted molar refractivity (Wildman–Crippen MR) is 95.2 cm³/mol. The molecular formula is C18H15F2NO3S2. The maximum absolute atomic E-state index is 13.2. The van der Waals surface area contributed by atoms with Gasteiger partial charge >= 0.3 is 0 Å². The van der Waals surface area contributed by atoms with Crippen LogP contribution < -0.4 is 4.72 Å². The minimum Gasteiger partial charge on any atom is -0.383 e. The number of nitrogens with one attached hydrogen (secondary N) is 1. The van der Waals surface area contributed by atoms with Crippen molar-refractivity contribution in [1.82, 2.24) is 4.72 Å². The fraction of sp³-hybridized carbons (Fsp3) is 0.111. The highest BCUT2D eigenvalue weighted by molar-refractivity contribution is 7.89. The molecule has 0 bridgehead atoms. The van der Waals surface area contributed by atoms with Crippen molar-refractivity contribution in [3.63, 3.8) is 0 Å². The summed E-state index contributed by atoms with van der Waals surface area (Å²) in [5.74, 6) is -2.33. The van der Waals surface area contributed by atoms with Crippen LogP contribution >= 0.6 is 11.3 Å². The highest BCUT2D eigenvalue weighted by Crippen LogP contribution is 2.28. The normalized spacial score (nSPS) is 12.9. The van der Waals surface area contributed by atoms with Gasteiger partial charge in [-0.25, -0.2) is 21.9 Å². The summed E-state index contributed by atoms with van der Waals surface area (Å²) in [7, 11) is -3.97. The van der Waals surface area contributed by atoms with Crippen LogP contribution in [-0.4, -0.2) is 13.5 Å². The molecule has 3 aromatic rings. The van der Waals surface area contributed by atoms with Gasteiger partial charge in [-0.05, 0) is 35.9 Å². The van der Waals surface area contributed by atoms with Gasteiger partial charge in [0.25, 0.3) is 0 Å². The zero-order valence-corrected chi connectivity index (χ0v) is 15.0. The smallest absolute Gasteiger partial charge is 0.241 e. The molecule has 0 radical (unpaired) electrons. The summed E-state index contributed by atoms with van der Waals surface area (Å²) in [6.07, 6.45) is -0.794. The molecule has 0 amide bonds. The van der Waals surface area contributed by atoms with E-state index >= 15 is 0 Å². The molecule has 1 unspecified atom stereocenters. The maximum Gasteiger partial charge on any atom is 0.241 e. The number of sulfonamides is 1. The molecule has 2 aromatic carbocycles. The molecule has 0 aliphatic carbocycles. The lowest BCUT2D eigenvalue weighted by molar-refractivity contribution is 0.224. The molecule has 8 heteroatoms. The third-order valence-corrected chi connectivity index (χ3v) is 6.24. The number of halogens is 2. The molecule has 4 nitrogen and oxygen atoms in total. The number of hydrogen-bond acceptors (Lipinski definition) is 4. The highest BCUT2D eigenvalue weighted by atomic mass is 32.2. The van der Waals surface area contributed by atoms with Gasteiger partial charge in [0.2, 0.25) is 10.0 Å². The molecule has 26 heavy (non-hydrogen) atoms. The zero-order valence-electron chi connectivity index (χ0n) is 13.4. The largest absolute Gasteiger partial charge is 0.383 e. The summed E-state index contributed by atoms with van der Waals surface area (Å²) < 4.78 is 52.9. The second-order valence-corrected chi connectivity index (χ2v) is 8.48. The number of hydrogen-bond donors (Lipinski definition) is 2. The van der Waals surface area contributed by atoms with Gasteiger partial charge < -0.3 is 5.11 Å². The average Bonchev–Trinajstić information content (AvgIpc) is 3.11. The minimum absolute atomic E-state index is 0.0203. The van der Waals surface area contributed by atoms with Crippen molar-refractivity contribution < 1.29 is 22.3 Å². The Balaban J connectivity index is 1.70. The van der Waals surface area contributed by atoms with E-state index in [2.05, 4.69) is 4.72 Å². The lowest BCUT2D eigenvalue weighted by Gasteiger charge is -2.08. The van der Waals surface area contributed by atoms with Crippen molar-refractivity contribution in [1.29, 1.82) is 0 Å². The molecular weight excluding hydrogens is 380 g/mol. The van der Waals surface area contributed by atoms with E-state index in [1.807, 2.05) is 18.2 Å². The van der Waals surface area contributed by atoms with Gasteiger partial charge in [0.1, 0.15) is 6.10 Å². The Labute approximate surface area is 153 Å². The van der Waals surface area contributed by atoms with Crippen LogP contribution in [0.3, 0.4) is 0 Å². The van der Waals surface area contributed by atoms with E-state index in [0.717, 1.165) is 17.7 Å². The Morgan fingerprint density at radius 2 is 1.73 bits per heavy atom. The Hall–Kier alpha value is -2.13. The molecule has 1 heterocycles. The summed E-state index contributed by atoms with van der Waals surface area (Å²) in [4.78, 5) is 1.01. The molecule has 0 saturated carbocycles. The van der Waals surface area contributed by atoms with Crippen LogP contribution in [0.5, 0.6) is 0 Å². The lowest BCUT2D eigenvalue weighted by Crippen LogP contribution is -2.23. The van der Waals surface area contributed by atoms with Crippen molar-refractivity contribution in [3.05, 3.63) is 87.6 Å². The van der Waals surface area contributed by atoms with E-state index in [9.17, 15) is 22.3 Å². The predicted octanol–water partition coefficient (Wildman–Crippen LogP) is 3.59. The second-order valence-electron chi connectivity index (χ2n) is 5.52. The van der Waals surface area contributed by atoms with Gasteiger partial charge in [-0.3, -0.25) is 0 Å². The van der Waals surface area contributed by atoms with Gasteiger partial charge in [-0.1, -0.05) is 30.3 Å². The molecule has 2 N–H and O–H groups in total. The number of aliphatic hydroxyl groups is 1. The van der Waals surface area contributed by atoms with Crippen LogP contribution in [0.1, 0.15) is 21.4 Å². The summed E-state index contributed by atoms with van der Waals surface area (Å²) in [6.45, 7) is -0.0203. The molecule has 136 valence electrons. The number of thiophene rings is 1. The molecule has 0 saturated heterocycles. The van der Waals surface area contributed by atoms with E-state index in [1.54, 1.807) is 24.3 Å². The van der Waals surface area contributed by atoms with Crippen LogP contribution in [0.15, 0.2) is 65.6 Å². The fourth-order valence-electron chi connectivity index (χ4n) is 2.33. The van der Waals surface area contributed by atoms with Crippen LogP contribution in [0.4, 0.5) is 8.78 Å². The SMILES string of the molecule is O=S(=O)(NCc1ccc(C(O)c2ccccc2)s1)c1ccc(F)c(F)c1. The number of benzene rings is 2. The van der Waals surface area contributed by atoms with Gasteiger partial charge in [0.05, 0.1) is 4.90 Å². The molecule has 1 aromatic heterocycles. The molecule has 1 atom stereocenters. The fourth-order valence-corrected chi connectivity index (χ4v) is 4.41. The monoisotopic (exact) mass is 395 g/mol. The molecule has 0 fully saturated rings. The van der Waals surface area contributed by atoms with E-state index < -0.39 is 27.8 Å². The van der Waals surface area contributed by atoms with Crippen LogP contribution in [0.25, 0.3) is 0 Å². The van der Waals surface area contributed by atoms with E-state index in [1.165, 1.54) is 11.3 Å². The Morgan fingerprint density at radius 1 is 1.00 bits per heavy atom. The van der Waals surface area contributed by atoms with Crippen molar-refractivity contribution >= 4 is 21.4 Å². The number of rotatable bonds is 6. The first-order chi connectivity index (χ1) is 12.4. The lowest BCUT2D eigenvalue weighted by atomic mass is 10.1. The Kier molecular flexibility index (Phi) is 5.47. The Bertz CT molecular complexity index is 1000. The topological polar surface area (TPSA) is 66.4 Å².